The molecule has 3 N–H and O–H groups in total. The maximum Gasteiger partial charge on any atom is 0.263 e. The third kappa shape index (κ3) is 5.26. The Kier molecular flexibility index (Phi) is 7.44. The molecule has 3 aromatic heterocycles. The minimum Gasteiger partial charge on any atom is -0.472 e. The molecule has 0 radical (unpaired) electrons. The van der Waals surface area contributed by atoms with Crippen molar-refractivity contribution in [3.8, 4) is 17.3 Å². The van der Waals surface area contributed by atoms with Gasteiger partial charge in [0.05, 0.1) is 23.6 Å². The predicted octanol–water partition coefficient (Wildman–Crippen LogP) is 4.60. The van der Waals surface area contributed by atoms with Crippen LogP contribution in [0.5, 0.6) is 5.88 Å². The summed E-state index contributed by atoms with van der Waals surface area (Å²) in [6, 6.07) is 15.2. The standard InChI is InChI=1S/C32H35N9O3/c1-3-17-43-29-23-10-9-22(18-26(23)40(2)38-29)34-31-33-19-24(27(36-31)35-25(20-42)21-7-5-4-6-8-21)28-37-30(39-44-28)32-11-14-41(15-12-32)16-13-32/h3-10,18-19,25,42H,1,11-17,20H2,2H3,(H2,33,34,35,36)/t25-/m1/s1. The Morgan fingerprint density at radius 3 is 2.66 bits per heavy atom. The molecule has 5 aromatic rings. The number of ether oxygens (including phenoxy) is 1. The van der Waals surface area contributed by atoms with Gasteiger partial charge >= 0.3 is 0 Å². The summed E-state index contributed by atoms with van der Waals surface area (Å²) in [5.41, 5.74) is 3.10. The van der Waals surface area contributed by atoms with Gasteiger partial charge in [0.2, 0.25) is 11.8 Å². The minimum absolute atomic E-state index is 0.0504. The number of benzene rings is 2. The molecule has 226 valence electrons. The van der Waals surface area contributed by atoms with E-state index in [0.29, 0.717) is 35.7 Å². The molecule has 0 spiro atoms. The normalized spacial score (nSPS) is 20.0. The summed E-state index contributed by atoms with van der Waals surface area (Å²) in [4.78, 5) is 16.8. The fraction of sp³-hybridized carbons (Fsp3) is 0.344. The number of hydrogen-bond donors (Lipinski definition) is 3. The second-order valence-corrected chi connectivity index (χ2v) is 11.4. The van der Waals surface area contributed by atoms with Crippen LogP contribution in [0.2, 0.25) is 0 Å². The molecule has 3 aliphatic rings. The number of aromatic nitrogens is 6. The van der Waals surface area contributed by atoms with Crippen molar-refractivity contribution in [2.75, 3.05) is 43.5 Å². The third-order valence-electron chi connectivity index (χ3n) is 8.75. The Balaban J connectivity index is 1.22. The van der Waals surface area contributed by atoms with E-state index >= 15 is 0 Å². The lowest BCUT2D eigenvalue weighted by Crippen LogP contribution is -2.51. The molecule has 3 aliphatic heterocycles. The zero-order valence-electron chi connectivity index (χ0n) is 24.6. The van der Waals surface area contributed by atoms with Crippen LogP contribution in [-0.4, -0.2) is 72.7 Å². The third-order valence-corrected chi connectivity index (χ3v) is 8.75. The number of anilines is 3. The van der Waals surface area contributed by atoms with Crippen molar-refractivity contribution < 1.29 is 14.4 Å². The molecule has 44 heavy (non-hydrogen) atoms. The van der Waals surface area contributed by atoms with Crippen LogP contribution in [0.4, 0.5) is 17.5 Å². The fourth-order valence-electron chi connectivity index (χ4n) is 6.18. The number of nitrogens with zero attached hydrogens (tertiary/aromatic N) is 7. The van der Waals surface area contributed by atoms with Crippen molar-refractivity contribution >= 4 is 28.4 Å². The number of piperidine rings is 3. The van der Waals surface area contributed by atoms with Crippen LogP contribution in [0.15, 0.2) is 71.9 Å². The largest absolute Gasteiger partial charge is 0.472 e. The van der Waals surface area contributed by atoms with Gasteiger partial charge in [-0.05, 0) is 62.7 Å². The smallest absolute Gasteiger partial charge is 0.263 e. The summed E-state index contributed by atoms with van der Waals surface area (Å²) < 4.78 is 13.3. The number of aliphatic hydroxyl groups excluding tert-OH is 1. The molecule has 8 rings (SSSR count). The topological polar surface area (TPSA) is 139 Å². The van der Waals surface area contributed by atoms with Gasteiger partial charge in [-0.25, -0.2) is 4.98 Å². The molecule has 12 heteroatoms. The maximum absolute atomic E-state index is 10.3. The molecule has 12 nitrogen and oxygen atoms in total. The number of fused-ring (bicyclic) bond motifs is 4. The first-order valence-electron chi connectivity index (χ1n) is 14.9. The maximum atomic E-state index is 10.3. The molecule has 2 aromatic carbocycles. The fourth-order valence-corrected chi connectivity index (χ4v) is 6.18. The van der Waals surface area contributed by atoms with Gasteiger partial charge in [0, 0.05) is 24.3 Å². The average molecular weight is 594 g/mol. The van der Waals surface area contributed by atoms with Gasteiger partial charge in [-0.1, -0.05) is 48.1 Å². The van der Waals surface area contributed by atoms with Gasteiger partial charge in [0.1, 0.15) is 18.0 Å². The highest BCUT2D eigenvalue weighted by molar-refractivity contribution is 5.88. The van der Waals surface area contributed by atoms with Gasteiger partial charge < -0.3 is 29.9 Å². The van der Waals surface area contributed by atoms with Crippen LogP contribution in [0.25, 0.3) is 22.4 Å². The SMILES string of the molecule is C=CCOc1nn(C)c2cc(Nc3ncc(-c4nc(C56CCN(CC5)CC6)no4)c(N[C@H](CO)c4ccccc4)n3)ccc12. The minimum atomic E-state index is -0.416. The van der Waals surface area contributed by atoms with Crippen LogP contribution < -0.4 is 15.4 Å². The van der Waals surface area contributed by atoms with E-state index in [4.69, 9.17) is 19.2 Å². The van der Waals surface area contributed by atoms with Crippen LogP contribution in [-0.2, 0) is 12.5 Å². The number of nitrogens with one attached hydrogen (secondary N) is 2. The molecule has 0 amide bonds. The average Bonchev–Trinajstić information content (AvgIpc) is 3.69. The molecular formula is C32H35N9O3. The molecule has 2 bridgehead atoms. The highest BCUT2D eigenvalue weighted by Gasteiger charge is 2.44. The zero-order valence-corrected chi connectivity index (χ0v) is 24.6. The first-order valence-corrected chi connectivity index (χ1v) is 14.9. The highest BCUT2D eigenvalue weighted by atomic mass is 16.5. The summed E-state index contributed by atoms with van der Waals surface area (Å²) >= 11 is 0. The molecule has 0 aliphatic carbocycles. The predicted molar refractivity (Wildman–Crippen MR) is 167 cm³/mol. The monoisotopic (exact) mass is 593 g/mol. The lowest BCUT2D eigenvalue weighted by molar-refractivity contribution is 0.0747. The molecule has 6 heterocycles. The van der Waals surface area contributed by atoms with Crippen molar-refractivity contribution in [3.05, 3.63) is 78.8 Å². The Hall–Kier alpha value is -4.81. The molecule has 0 saturated carbocycles. The zero-order chi connectivity index (χ0) is 30.1. The number of aliphatic hydroxyl groups is 1. The Morgan fingerprint density at radius 2 is 1.91 bits per heavy atom. The molecule has 1 atom stereocenters. The van der Waals surface area contributed by atoms with Crippen LogP contribution >= 0.6 is 0 Å². The van der Waals surface area contributed by atoms with E-state index in [1.165, 1.54) is 0 Å². The van der Waals surface area contributed by atoms with E-state index in [9.17, 15) is 5.11 Å². The summed E-state index contributed by atoms with van der Waals surface area (Å²) in [5, 5.41) is 26.9. The lowest BCUT2D eigenvalue weighted by Gasteiger charge is -2.46. The van der Waals surface area contributed by atoms with Gasteiger partial charge in [-0.3, -0.25) is 4.68 Å². The van der Waals surface area contributed by atoms with Crippen LogP contribution in [0.1, 0.15) is 36.7 Å². The summed E-state index contributed by atoms with van der Waals surface area (Å²) in [7, 11) is 1.87. The Labute approximate surface area is 254 Å². The second-order valence-electron chi connectivity index (χ2n) is 11.4. The van der Waals surface area contributed by atoms with Crippen LogP contribution in [0, 0.1) is 0 Å². The molecule has 3 fully saturated rings. The van der Waals surface area contributed by atoms with E-state index in [0.717, 1.165) is 66.9 Å². The van der Waals surface area contributed by atoms with Gasteiger partial charge in [-0.2, -0.15) is 9.97 Å². The summed E-state index contributed by atoms with van der Waals surface area (Å²) in [5.74, 6) is 2.49. The Bertz CT molecular complexity index is 1760. The summed E-state index contributed by atoms with van der Waals surface area (Å²) in [6.07, 6.45) is 6.45. The van der Waals surface area contributed by atoms with Gasteiger partial charge in [-0.15, -0.1) is 5.10 Å². The van der Waals surface area contributed by atoms with Crippen LogP contribution in [0.3, 0.4) is 0 Å². The van der Waals surface area contributed by atoms with E-state index in [-0.39, 0.29) is 12.0 Å². The van der Waals surface area contributed by atoms with E-state index in [1.54, 1.807) is 17.0 Å². The first-order chi connectivity index (χ1) is 21.5. The van der Waals surface area contributed by atoms with Gasteiger partial charge in [0.25, 0.3) is 5.89 Å². The van der Waals surface area contributed by atoms with E-state index in [2.05, 4.69) is 37.4 Å². The second kappa shape index (κ2) is 11.7. The molecular weight excluding hydrogens is 558 g/mol. The van der Waals surface area contributed by atoms with E-state index < -0.39 is 6.04 Å². The quantitative estimate of drug-likeness (QED) is 0.185. The molecule has 0 unspecified atom stereocenters. The number of aryl methyl sites for hydroxylation is 1. The number of hydrogen-bond acceptors (Lipinski definition) is 11. The molecule has 3 saturated heterocycles. The van der Waals surface area contributed by atoms with Crippen molar-refractivity contribution in [1.29, 1.82) is 0 Å². The highest BCUT2D eigenvalue weighted by Crippen LogP contribution is 2.42. The lowest BCUT2D eigenvalue weighted by atomic mass is 9.71. The van der Waals surface area contributed by atoms with E-state index in [1.807, 2.05) is 55.6 Å². The van der Waals surface area contributed by atoms with Crippen molar-refractivity contribution in [1.82, 2.24) is 34.8 Å². The Morgan fingerprint density at radius 1 is 1.11 bits per heavy atom. The number of rotatable bonds is 11. The van der Waals surface area contributed by atoms with Gasteiger partial charge in [0.15, 0.2) is 5.82 Å². The van der Waals surface area contributed by atoms with Crippen molar-refractivity contribution in [2.45, 2.75) is 30.7 Å². The van der Waals surface area contributed by atoms with Crippen molar-refractivity contribution in [3.63, 3.8) is 0 Å². The van der Waals surface area contributed by atoms with Crippen molar-refractivity contribution in [2.24, 2.45) is 7.05 Å². The summed E-state index contributed by atoms with van der Waals surface area (Å²) in [6.45, 7) is 7.12. The first kappa shape index (κ1) is 28.0.